The Hall–Kier alpha value is -1.05. The van der Waals surface area contributed by atoms with Crippen LogP contribution in [0.1, 0.15) is 11.3 Å². The van der Waals surface area contributed by atoms with Crippen LogP contribution < -0.4 is 0 Å². The molecule has 1 aromatic carbocycles. The maximum Gasteiger partial charge on any atom is 0.175 e. The fraction of sp³-hybridized carbons (Fsp3) is 0.308. The van der Waals surface area contributed by atoms with Crippen LogP contribution in [-0.4, -0.2) is 17.5 Å². The summed E-state index contributed by atoms with van der Waals surface area (Å²) in [6.45, 7) is 2.04. The van der Waals surface area contributed by atoms with Crippen molar-refractivity contribution in [1.82, 2.24) is 4.98 Å². The van der Waals surface area contributed by atoms with Crippen molar-refractivity contribution in [2.24, 2.45) is 0 Å². The summed E-state index contributed by atoms with van der Waals surface area (Å²) in [6.07, 6.45) is 3.97. The molecule has 0 saturated heterocycles. The van der Waals surface area contributed by atoms with E-state index < -0.39 is 4.08 Å². The van der Waals surface area contributed by atoms with Gasteiger partial charge in [0.15, 0.2) is 4.08 Å². The molecule has 4 heteroatoms. The number of aromatic amines is 1. The average Bonchev–Trinajstić information content (AvgIpc) is 2.70. The van der Waals surface area contributed by atoms with Gasteiger partial charge in [-0.3, -0.25) is 0 Å². The van der Waals surface area contributed by atoms with Gasteiger partial charge in [-0.15, -0.1) is 23.5 Å². The molecule has 0 amide bonds. The van der Waals surface area contributed by atoms with Gasteiger partial charge >= 0.3 is 0 Å². The molecule has 0 atom stereocenters. The SMILES string of the molecule is CSC(C#N)(SC)c1c(C)[nH]c2ccccc12. The standard InChI is InChI=1S/C13H14N2S2/c1-9-12(13(8-14,16-2)17-3)10-6-4-5-7-11(10)15-9/h4-7,15H,1-3H3. The Balaban J connectivity index is 2.78. The van der Waals surface area contributed by atoms with E-state index in [4.69, 9.17) is 0 Å². The van der Waals surface area contributed by atoms with Gasteiger partial charge in [0.25, 0.3) is 0 Å². The molecule has 0 aliphatic rings. The third kappa shape index (κ3) is 1.84. The van der Waals surface area contributed by atoms with Crippen molar-refractivity contribution in [3.63, 3.8) is 0 Å². The molecule has 2 nitrogen and oxygen atoms in total. The number of hydrogen-bond acceptors (Lipinski definition) is 3. The third-order valence-corrected chi connectivity index (χ3v) is 5.69. The lowest BCUT2D eigenvalue weighted by Gasteiger charge is -2.22. The molecule has 1 N–H and O–H groups in total. The van der Waals surface area contributed by atoms with E-state index in [0.29, 0.717) is 0 Å². The monoisotopic (exact) mass is 262 g/mol. The summed E-state index contributed by atoms with van der Waals surface area (Å²) in [5.41, 5.74) is 3.29. The topological polar surface area (TPSA) is 39.6 Å². The van der Waals surface area contributed by atoms with E-state index >= 15 is 0 Å². The number of rotatable bonds is 3. The minimum absolute atomic E-state index is 0.524. The average molecular weight is 262 g/mol. The molecular weight excluding hydrogens is 248 g/mol. The number of nitrogens with zero attached hydrogens (tertiary/aromatic N) is 1. The number of fused-ring (bicyclic) bond motifs is 1. The number of H-pyrrole nitrogens is 1. The Bertz CT molecular complexity index is 577. The van der Waals surface area contributed by atoms with Gasteiger partial charge in [0.1, 0.15) is 0 Å². The fourth-order valence-electron chi connectivity index (χ4n) is 2.14. The molecule has 0 unspecified atom stereocenters. The molecule has 0 bridgehead atoms. The normalized spacial score (nSPS) is 11.6. The van der Waals surface area contributed by atoms with Crippen LogP contribution >= 0.6 is 23.5 Å². The van der Waals surface area contributed by atoms with E-state index in [9.17, 15) is 5.26 Å². The van der Waals surface area contributed by atoms with Gasteiger partial charge in [0, 0.05) is 22.2 Å². The molecule has 0 aliphatic heterocycles. The molecule has 2 aromatic rings. The lowest BCUT2D eigenvalue weighted by molar-refractivity contribution is 1.12. The number of nitriles is 1. The molecule has 88 valence electrons. The zero-order valence-corrected chi connectivity index (χ0v) is 11.7. The summed E-state index contributed by atoms with van der Waals surface area (Å²) in [4.78, 5) is 3.36. The predicted octanol–water partition coefficient (Wildman–Crippen LogP) is 3.88. The Morgan fingerprint density at radius 2 is 1.88 bits per heavy atom. The second-order valence-electron chi connectivity index (χ2n) is 3.81. The highest BCUT2D eigenvalue weighted by molar-refractivity contribution is 8.17. The van der Waals surface area contributed by atoms with Crippen molar-refractivity contribution in [3.05, 3.63) is 35.5 Å². The van der Waals surface area contributed by atoms with E-state index in [1.165, 1.54) is 0 Å². The first-order chi connectivity index (χ1) is 8.18. The van der Waals surface area contributed by atoms with Crippen LogP contribution in [0.5, 0.6) is 0 Å². The van der Waals surface area contributed by atoms with Crippen molar-refractivity contribution in [2.45, 2.75) is 11.0 Å². The molecule has 0 spiro atoms. The molecule has 0 radical (unpaired) electrons. The Morgan fingerprint density at radius 1 is 1.24 bits per heavy atom. The van der Waals surface area contributed by atoms with E-state index in [-0.39, 0.29) is 0 Å². The zero-order valence-electron chi connectivity index (χ0n) is 10.1. The van der Waals surface area contributed by atoms with Crippen molar-refractivity contribution in [3.8, 4) is 6.07 Å². The lowest BCUT2D eigenvalue weighted by Crippen LogP contribution is -2.14. The van der Waals surface area contributed by atoms with Crippen LogP contribution in [0.15, 0.2) is 24.3 Å². The van der Waals surface area contributed by atoms with Gasteiger partial charge in [-0.2, -0.15) is 5.26 Å². The molecule has 0 aliphatic carbocycles. The number of nitrogens with one attached hydrogen (secondary N) is 1. The van der Waals surface area contributed by atoms with Gasteiger partial charge in [-0.05, 0) is 25.5 Å². The summed E-state index contributed by atoms with van der Waals surface area (Å²) >= 11 is 3.17. The minimum atomic E-state index is -0.524. The molecule has 1 heterocycles. The first-order valence-electron chi connectivity index (χ1n) is 5.28. The maximum atomic E-state index is 9.53. The van der Waals surface area contributed by atoms with Gasteiger partial charge in [0.05, 0.1) is 6.07 Å². The van der Waals surface area contributed by atoms with Gasteiger partial charge in [0.2, 0.25) is 0 Å². The van der Waals surface area contributed by atoms with Crippen LogP contribution in [0.4, 0.5) is 0 Å². The molecule has 1 aromatic heterocycles. The number of para-hydroxylation sites is 1. The Labute approximate surface area is 110 Å². The predicted molar refractivity (Wildman–Crippen MR) is 77.4 cm³/mol. The second-order valence-corrected chi connectivity index (χ2v) is 6.11. The third-order valence-electron chi connectivity index (χ3n) is 2.94. The molecule has 0 saturated carbocycles. The summed E-state index contributed by atoms with van der Waals surface area (Å²) in [6, 6.07) is 10.6. The maximum absolute atomic E-state index is 9.53. The molecule has 17 heavy (non-hydrogen) atoms. The summed E-state index contributed by atoms with van der Waals surface area (Å²) in [7, 11) is 0. The largest absolute Gasteiger partial charge is 0.358 e. The smallest absolute Gasteiger partial charge is 0.175 e. The van der Waals surface area contributed by atoms with E-state index in [1.54, 1.807) is 23.5 Å². The number of benzene rings is 1. The first-order valence-corrected chi connectivity index (χ1v) is 7.73. The quantitative estimate of drug-likeness (QED) is 0.853. The van der Waals surface area contributed by atoms with Crippen molar-refractivity contribution in [1.29, 1.82) is 5.26 Å². The van der Waals surface area contributed by atoms with E-state index in [2.05, 4.69) is 23.2 Å². The van der Waals surface area contributed by atoms with Crippen molar-refractivity contribution < 1.29 is 0 Å². The Kier molecular flexibility index (Phi) is 3.41. The summed E-state index contributed by atoms with van der Waals surface area (Å²) < 4.78 is -0.524. The number of aryl methyl sites for hydroxylation is 1. The fourth-order valence-corrected chi connectivity index (χ4v) is 3.92. The van der Waals surface area contributed by atoms with Gasteiger partial charge < -0.3 is 4.98 Å². The highest BCUT2D eigenvalue weighted by Crippen LogP contribution is 2.47. The Morgan fingerprint density at radius 3 is 2.47 bits per heavy atom. The van der Waals surface area contributed by atoms with Crippen LogP contribution in [0, 0.1) is 18.3 Å². The second kappa shape index (κ2) is 4.67. The van der Waals surface area contributed by atoms with Gasteiger partial charge in [-0.25, -0.2) is 0 Å². The molecule has 2 rings (SSSR count). The molecular formula is C13H14N2S2. The van der Waals surface area contributed by atoms with Crippen LogP contribution in [0.3, 0.4) is 0 Å². The number of aromatic nitrogens is 1. The van der Waals surface area contributed by atoms with Crippen molar-refractivity contribution in [2.75, 3.05) is 12.5 Å². The summed E-state index contributed by atoms with van der Waals surface area (Å²) in [5.74, 6) is 0. The zero-order chi connectivity index (χ0) is 12.5. The van der Waals surface area contributed by atoms with Gasteiger partial charge in [-0.1, -0.05) is 18.2 Å². The molecule has 0 fully saturated rings. The van der Waals surface area contributed by atoms with Crippen LogP contribution in [-0.2, 0) is 4.08 Å². The first kappa shape index (κ1) is 12.4. The van der Waals surface area contributed by atoms with Crippen LogP contribution in [0.25, 0.3) is 10.9 Å². The van der Waals surface area contributed by atoms with Crippen molar-refractivity contribution >= 4 is 34.4 Å². The number of hydrogen-bond donors (Lipinski definition) is 1. The minimum Gasteiger partial charge on any atom is -0.358 e. The van der Waals surface area contributed by atoms with E-state index in [1.807, 2.05) is 31.6 Å². The number of thioether (sulfide) groups is 2. The lowest BCUT2D eigenvalue weighted by atomic mass is 10.1. The highest BCUT2D eigenvalue weighted by Gasteiger charge is 2.34. The van der Waals surface area contributed by atoms with E-state index in [0.717, 1.165) is 22.2 Å². The van der Waals surface area contributed by atoms with Crippen LogP contribution in [0.2, 0.25) is 0 Å². The summed E-state index contributed by atoms with van der Waals surface area (Å²) in [5, 5.41) is 10.7. The highest BCUT2D eigenvalue weighted by atomic mass is 32.2.